The average molecular weight is 282 g/mol. The number of fused-ring (bicyclic) bond motifs is 1. The van der Waals surface area contributed by atoms with Crippen molar-refractivity contribution in [3.63, 3.8) is 0 Å². The van der Waals surface area contributed by atoms with Crippen LogP contribution in [0.1, 0.15) is 31.3 Å². The van der Waals surface area contributed by atoms with E-state index >= 15 is 0 Å². The highest BCUT2D eigenvalue weighted by Gasteiger charge is 2.12. The largest absolute Gasteiger partial charge is 0.356 e. The minimum absolute atomic E-state index is 0.311. The van der Waals surface area contributed by atoms with Gasteiger partial charge in [-0.05, 0) is 18.2 Å². The maximum absolute atomic E-state index is 5.34. The number of rotatable bonds is 4. The van der Waals surface area contributed by atoms with Crippen LogP contribution in [0.5, 0.6) is 0 Å². The van der Waals surface area contributed by atoms with Crippen LogP contribution in [-0.4, -0.2) is 22.2 Å². The van der Waals surface area contributed by atoms with E-state index in [0.717, 1.165) is 28.3 Å². The molecular formula is C16H18N4O. The molecule has 0 aliphatic rings. The topological polar surface area (TPSA) is 55.1 Å². The van der Waals surface area contributed by atoms with Crippen LogP contribution in [0.2, 0.25) is 0 Å². The van der Waals surface area contributed by atoms with E-state index in [4.69, 9.17) is 4.52 Å². The van der Waals surface area contributed by atoms with E-state index < -0.39 is 0 Å². The fourth-order valence-electron chi connectivity index (χ4n) is 2.21. The molecule has 3 rings (SSSR count). The highest BCUT2D eigenvalue weighted by molar-refractivity contribution is 5.79. The first-order chi connectivity index (χ1) is 10.1. The minimum Gasteiger partial charge on any atom is -0.356 e. The minimum atomic E-state index is 0.311. The van der Waals surface area contributed by atoms with Gasteiger partial charge < -0.3 is 9.42 Å². The molecule has 0 atom stereocenters. The van der Waals surface area contributed by atoms with Crippen LogP contribution in [0.25, 0.3) is 11.0 Å². The Labute approximate surface area is 123 Å². The highest BCUT2D eigenvalue weighted by Crippen LogP contribution is 2.21. The molecule has 0 fully saturated rings. The van der Waals surface area contributed by atoms with E-state index in [9.17, 15) is 0 Å². The number of para-hydroxylation sites is 1. The SMILES string of the molecule is CC(C)c1nccc(N(C)Cc2noc3ccccc23)n1. The first-order valence-electron chi connectivity index (χ1n) is 7.02. The van der Waals surface area contributed by atoms with Crippen LogP contribution in [0.4, 0.5) is 5.82 Å². The molecule has 3 aromatic rings. The number of aromatic nitrogens is 3. The zero-order chi connectivity index (χ0) is 14.8. The van der Waals surface area contributed by atoms with Crippen molar-refractivity contribution in [1.82, 2.24) is 15.1 Å². The summed E-state index contributed by atoms with van der Waals surface area (Å²) >= 11 is 0. The number of hydrogen-bond acceptors (Lipinski definition) is 5. The second-order valence-electron chi connectivity index (χ2n) is 5.41. The molecule has 0 radical (unpaired) electrons. The summed E-state index contributed by atoms with van der Waals surface area (Å²) in [6.45, 7) is 4.82. The van der Waals surface area contributed by atoms with Gasteiger partial charge in [-0.1, -0.05) is 31.1 Å². The fraction of sp³-hybridized carbons (Fsp3) is 0.312. The molecule has 2 aromatic heterocycles. The van der Waals surface area contributed by atoms with Gasteiger partial charge in [0.15, 0.2) is 5.58 Å². The van der Waals surface area contributed by atoms with Crippen molar-refractivity contribution in [1.29, 1.82) is 0 Å². The van der Waals surface area contributed by atoms with E-state index in [2.05, 4.69) is 33.9 Å². The summed E-state index contributed by atoms with van der Waals surface area (Å²) in [6.07, 6.45) is 1.80. The van der Waals surface area contributed by atoms with Crippen LogP contribution >= 0.6 is 0 Å². The predicted octanol–water partition coefficient (Wildman–Crippen LogP) is 3.38. The zero-order valence-corrected chi connectivity index (χ0v) is 12.4. The lowest BCUT2D eigenvalue weighted by Crippen LogP contribution is -2.19. The molecule has 21 heavy (non-hydrogen) atoms. The molecule has 5 nitrogen and oxygen atoms in total. The van der Waals surface area contributed by atoms with Gasteiger partial charge in [0.05, 0.1) is 6.54 Å². The number of anilines is 1. The maximum Gasteiger partial charge on any atom is 0.167 e. The van der Waals surface area contributed by atoms with E-state index in [-0.39, 0.29) is 0 Å². The van der Waals surface area contributed by atoms with Crippen molar-refractivity contribution in [2.75, 3.05) is 11.9 Å². The van der Waals surface area contributed by atoms with Crippen LogP contribution in [0.15, 0.2) is 41.1 Å². The van der Waals surface area contributed by atoms with Crippen LogP contribution < -0.4 is 4.90 Å². The Morgan fingerprint density at radius 3 is 2.81 bits per heavy atom. The molecule has 0 aliphatic carbocycles. The third-order valence-corrected chi connectivity index (χ3v) is 3.41. The predicted molar refractivity (Wildman–Crippen MR) is 82.2 cm³/mol. The first-order valence-corrected chi connectivity index (χ1v) is 7.02. The first kappa shape index (κ1) is 13.5. The summed E-state index contributed by atoms with van der Waals surface area (Å²) in [5, 5.41) is 5.20. The van der Waals surface area contributed by atoms with Crippen molar-refractivity contribution in [3.05, 3.63) is 48.0 Å². The number of nitrogens with zero attached hydrogens (tertiary/aromatic N) is 4. The van der Waals surface area contributed by atoms with Crippen LogP contribution in [0.3, 0.4) is 0 Å². The molecule has 0 spiro atoms. The molecule has 0 bridgehead atoms. The molecule has 1 aromatic carbocycles. The van der Waals surface area contributed by atoms with Gasteiger partial charge in [-0.25, -0.2) is 9.97 Å². The summed E-state index contributed by atoms with van der Waals surface area (Å²) < 4.78 is 5.34. The van der Waals surface area contributed by atoms with Gasteiger partial charge in [-0.15, -0.1) is 0 Å². The van der Waals surface area contributed by atoms with E-state index in [1.807, 2.05) is 37.4 Å². The van der Waals surface area contributed by atoms with Crippen molar-refractivity contribution in [2.45, 2.75) is 26.3 Å². The summed E-state index contributed by atoms with van der Waals surface area (Å²) in [5.41, 5.74) is 1.73. The molecule has 0 amide bonds. The van der Waals surface area contributed by atoms with Crippen LogP contribution in [0, 0.1) is 0 Å². The summed E-state index contributed by atoms with van der Waals surface area (Å²) in [4.78, 5) is 10.9. The fourth-order valence-corrected chi connectivity index (χ4v) is 2.21. The Morgan fingerprint density at radius 1 is 1.19 bits per heavy atom. The molecule has 0 N–H and O–H groups in total. The number of hydrogen-bond donors (Lipinski definition) is 0. The molecule has 0 aliphatic heterocycles. The maximum atomic E-state index is 5.34. The smallest absolute Gasteiger partial charge is 0.167 e. The highest BCUT2D eigenvalue weighted by atomic mass is 16.5. The summed E-state index contributed by atoms with van der Waals surface area (Å²) in [5.74, 6) is 2.05. The van der Waals surface area contributed by atoms with Gasteiger partial charge >= 0.3 is 0 Å². The van der Waals surface area contributed by atoms with Crippen molar-refractivity contribution >= 4 is 16.8 Å². The Balaban J connectivity index is 1.86. The lowest BCUT2D eigenvalue weighted by Gasteiger charge is -2.17. The second kappa shape index (κ2) is 5.52. The third-order valence-electron chi connectivity index (χ3n) is 3.41. The standard InChI is InChI=1S/C16H18N4O/c1-11(2)16-17-9-8-15(18-16)20(3)10-13-12-6-4-5-7-14(12)21-19-13/h4-9,11H,10H2,1-3H3. The number of benzene rings is 1. The van der Waals surface area contributed by atoms with Gasteiger partial charge in [0.1, 0.15) is 17.3 Å². The molecule has 2 heterocycles. The van der Waals surface area contributed by atoms with Crippen molar-refractivity contribution in [2.24, 2.45) is 0 Å². The quantitative estimate of drug-likeness (QED) is 0.734. The lowest BCUT2D eigenvalue weighted by atomic mass is 10.2. The van der Waals surface area contributed by atoms with E-state index in [0.29, 0.717) is 12.5 Å². The van der Waals surface area contributed by atoms with Crippen molar-refractivity contribution in [3.8, 4) is 0 Å². The van der Waals surface area contributed by atoms with Crippen molar-refractivity contribution < 1.29 is 4.52 Å². The molecule has 0 saturated heterocycles. The van der Waals surface area contributed by atoms with E-state index in [1.165, 1.54) is 0 Å². The molecule has 108 valence electrons. The normalized spacial score (nSPS) is 11.2. The van der Waals surface area contributed by atoms with Crippen LogP contribution in [-0.2, 0) is 6.54 Å². The van der Waals surface area contributed by atoms with Gasteiger partial charge in [0.2, 0.25) is 0 Å². The lowest BCUT2D eigenvalue weighted by molar-refractivity contribution is 0.445. The second-order valence-corrected chi connectivity index (χ2v) is 5.41. The molecular weight excluding hydrogens is 264 g/mol. The van der Waals surface area contributed by atoms with Gasteiger partial charge in [-0.3, -0.25) is 0 Å². The third kappa shape index (κ3) is 2.72. The van der Waals surface area contributed by atoms with Gasteiger partial charge in [0.25, 0.3) is 0 Å². The Bertz CT molecular complexity index is 751. The van der Waals surface area contributed by atoms with E-state index in [1.54, 1.807) is 6.20 Å². The molecule has 5 heteroatoms. The van der Waals surface area contributed by atoms with Gasteiger partial charge in [-0.2, -0.15) is 0 Å². The molecule has 0 saturated carbocycles. The zero-order valence-electron chi connectivity index (χ0n) is 12.4. The Morgan fingerprint density at radius 2 is 2.00 bits per heavy atom. The Hall–Kier alpha value is -2.43. The monoisotopic (exact) mass is 282 g/mol. The average Bonchev–Trinajstić information content (AvgIpc) is 2.91. The summed E-state index contributed by atoms with van der Waals surface area (Å²) in [7, 11) is 2.00. The summed E-state index contributed by atoms with van der Waals surface area (Å²) in [6, 6.07) is 9.79. The Kier molecular flexibility index (Phi) is 3.56. The molecule has 0 unspecified atom stereocenters. The van der Waals surface area contributed by atoms with Gasteiger partial charge in [0, 0.05) is 24.5 Å².